The van der Waals surface area contributed by atoms with Crippen LogP contribution in [0.2, 0.25) is 5.02 Å². The normalized spacial score (nSPS) is 15.0. The van der Waals surface area contributed by atoms with Crippen molar-refractivity contribution < 1.29 is 18.7 Å². The van der Waals surface area contributed by atoms with Gasteiger partial charge in [0.15, 0.2) is 5.60 Å². The highest BCUT2D eigenvalue weighted by atomic mass is 35.5. The molecular formula is C19H21ClN2O4. The zero-order chi connectivity index (χ0) is 18.7. The molecule has 0 radical (unpaired) electrons. The molecular weight excluding hydrogens is 356 g/mol. The standard InChI is InChI=1S/C19H21ClN2O4/c1-19(2,26-16-5-3-15(20)4-6-16)18(24)22-10-8-21(9-11-22)17(23)14-7-12-25-13-14/h3-7,12-13H,8-11H2,1-2H3. The van der Waals surface area contributed by atoms with Crippen molar-refractivity contribution in [3.8, 4) is 5.75 Å². The van der Waals surface area contributed by atoms with Crippen LogP contribution in [0.1, 0.15) is 24.2 Å². The van der Waals surface area contributed by atoms with Crippen LogP contribution in [0, 0.1) is 0 Å². The molecule has 138 valence electrons. The average Bonchev–Trinajstić information content (AvgIpc) is 3.17. The molecule has 0 saturated carbocycles. The maximum Gasteiger partial charge on any atom is 0.266 e. The Labute approximate surface area is 157 Å². The molecule has 26 heavy (non-hydrogen) atoms. The number of rotatable bonds is 4. The monoisotopic (exact) mass is 376 g/mol. The Balaban J connectivity index is 1.58. The second-order valence-corrected chi connectivity index (χ2v) is 7.10. The van der Waals surface area contributed by atoms with Gasteiger partial charge in [-0.2, -0.15) is 0 Å². The van der Waals surface area contributed by atoms with Crippen molar-refractivity contribution in [3.63, 3.8) is 0 Å². The summed E-state index contributed by atoms with van der Waals surface area (Å²) in [5.41, 5.74) is -0.485. The minimum atomic E-state index is -1.01. The second-order valence-electron chi connectivity index (χ2n) is 6.66. The number of amides is 2. The number of carbonyl (C=O) groups excluding carboxylic acids is 2. The van der Waals surface area contributed by atoms with E-state index in [1.807, 2.05) is 0 Å². The molecule has 0 aliphatic carbocycles. The van der Waals surface area contributed by atoms with Crippen LogP contribution in [-0.2, 0) is 4.79 Å². The van der Waals surface area contributed by atoms with Crippen molar-refractivity contribution in [2.24, 2.45) is 0 Å². The Morgan fingerprint density at radius 3 is 2.23 bits per heavy atom. The van der Waals surface area contributed by atoms with Crippen molar-refractivity contribution in [1.29, 1.82) is 0 Å². The van der Waals surface area contributed by atoms with E-state index in [2.05, 4.69) is 0 Å². The van der Waals surface area contributed by atoms with Crippen molar-refractivity contribution in [1.82, 2.24) is 9.80 Å². The first-order chi connectivity index (χ1) is 12.4. The Morgan fingerprint density at radius 1 is 1.04 bits per heavy atom. The molecule has 3 rings (SSSR count). The SMILES string of the molecule is CC(C)(Oc1ccc(Cl)cc1)C(=O)N1CCN(C(=O)c2ccoc2)CC1. The predicted octanol–water partition coefficient (Wildman–Crippen LogP) is 3.08. The van der Waals surface area contributed by atoms with Gasteiger partial charge in [-0.1, -0.05) is 11.6 Å². The highest BCUT2D eigenvalue weighted by Gasteiger charge is 2.36. The average molecular weight is 377 g/mol. The van der Waals surface area contributed by atoms with Gasteiger partial charge in [-0.25, -0.2) is 0 Å². The van der Waals surface area contributed by atoms with Gasteiger partial charge in [0, 0.05) is 31.2 Å². The van der Waals surface area contributed by atoms with Crippen LogP contribution in [0.5, 0.6) is 5.75 Å². The van der Waals surface area contributed by atoms with E-state index in [9.17, 15) is 9.59 Å². The summed E-state index contributed by atoms with van der Waals surface area (Å²) in [6.45, 7) is 5.38. The lowest BCUT2D eigenvalue weighted by atomic mass is 10.1. The number of ether oxygens (including phenoxy) is 1. The van der Waals surface area contributed by atoms with E-state index in [-0.39, 0.29) is 11.8 Å². The third-order valence-corrected chi connectivity index (χ3v) is 4.58. The van der Waals surface area contributed by atoms with Gasteiger partial charge in [0.05, 0.1) is 11.8 Å². The van der Waals surface area contributed by atoms with Crippen LogP contribution in [0.15, 0.2) is 47.3 Å². The number of carbonyl (C=O) groups is 2. The molecule has 6 nitrogen and oxygen atoms in total. The summed E-state index contributed by atoms with van der Waals surface area (Å²) in [6.07, 6.45) is 2.91. The van der Waals surface area contributed by atoms with E-state index in [0.717, 1.165) is 0 Å². The van der Waals surface area contributed by atoms with Crippen LogP contribution < -0.4 is 4.74 Å². The van der Waals surface area contributed by atoms with Crippen molar-refractivity contribution in [2.45, 2.75) is 19.4 Å². The third-order valence-electron chi connectivity index (χ3n) is 4.32. The van der Waals surface area contributed by atoms with Gasteiger partial charge in [-0.3, -0.25) is 9.59 Å². The van der Waals surface area contributed by atoms with Crippen LogP contribution >= 0.6 is 11.6 Å². The van der Waals surface area contributed by atoms with Crippen LogP contribution in [0.25, 0.3) is 0 Å². The lowest BCUT2D eigenvalue weighted by molar-refractivity contribution is -0.147. The largest absolute Gasteiger partial charge is 0.478 e. The van der Waals surface area contributed by atoms with E-state index in [0.29, 0.717) is 42.5 Å². The van der Waals surface area contributed by atoms with Crippen LogP contribution in [0.3, 0.4) is 0 Å². The summed E-state index contributed by atoms with van der Waals surface area (Å²) in [5.74, 6) is 0.395. The number of nitrogens with zero attached hydrogens (tertiary/aromatic N) is 2. The molecule has 2 heterocycles. The molecule has 1 aromatic heterocycles. The second kappa shape index (κ2) is 7.41. The molecule has 0 unspecified atom stereocenters. The number of halogens is 1. The Hall–Kier alpha value is -2.47. The van der Waals surface area contributed by atoms with Crippen molar-refractivity contribution >= 4 is 23.4 Å². The first-order valence-corrected chi connectivity index (χ1v) is 8.80. The minimum absolute atomic E-state index is 0.0810. The molecule has 1 aliphatic rings. The summed E-state index contributed by atoms with van der Waals surface area (Å²) >= 11 is 5.87. The quantitative estimate of drug-likeness (QED) is 0.822. The molecule has 0 atom stereocenters. The maximum absolute atomic E-state index is 12.9. The smallest absolute Gasteiger partial charge is 0.266 e. The molecule has 1 aliphatic heterocycles. The molecule has 0 spiro atoms. The van der Waals surface area contributed by atoms with Gasteiger partial charge < -0.3 is 19.0 Å². The van der Waals surface area contributed by atoms with Crippen LogP contribution in [0.4, 0.5) is 0 Å². The molecule has 1 saturated heterocycles. The number of benzene rings is 1. The fourth-order valence-corrected chi connectivity index (χ4v) is 3.03. The summed E-state index contributed by atoms with van der Waals surface area (Å²) in [6, 6.07) is 8.55. The predicted molar refractivity (Wildman–Crippen MR) is 97.4 cm³/mol. The minimum Gasteiger partial charge on any atom is -0.478 e. The Bertz CT molecular complexity index is 763. The van der Waals surface area contributed by atoms with E-state index >= 15 is 0 Å². The maximum atomic E-state index is 12.9. The number of hydrogen-bond acceptors (Lipinski definition) is 4. The van der Waals surface area contributed by atoms with Gasteiger partial charge in [-0.05, 0) is 44.2 Å². The fraction of sp³-hybridized carbons (Fsp3) is 0.368. The zero-order valence-electron chi connectivity index (χ0n) is 14.8. The lowest BCUT2D eigenvalue weighted by Crippen LogP contribution is -2.56. The topological polar surface area (TPSA) is 63.0 Å². The molecule has 1 fully saturated rings. The van der Waals surface area contributed by atoms with Gasteiger partial charge in [-0.15, -0.1) is 0 Å². The van der Waals surface area contributed by atoms with E-state index in [1.165, 1.54) is 12.5 Å². The third kappa shape index (κ3) is 4.02. The molecule has 0 bridgehead atoms. The summed E-state index contributed by atoms with van der Waals surface area (Å²) in [5, 5.41) is 0.611. The summed E-state index contributed by atoms with van der Waals surface area (Å²) in [4.78, 5) is 28.6. The van der Waals surface area contributed by atoms with Gasteiger partial charge >= 0.3 is 0 Å². The first-order valence-electron chi connectivity index (χ1n) is 8.42. The first kappa shape index (κ1) is 18.3. The number of piperazine rings is 1. The van der Waals surface area contributed by atoms with Crippen LogP contribution in [-0.4, -0.2) is 53.4 Å². The molecule has 2 aromatic rings. The van der Waals surface area contributed by atoms with Gasteiger partial charge in [0.1, 0.15) is 12.0 Å². The van der Waals surface area contributed by atoms with E-state index in [1.54, 1.807) is 54.0 Å². The van der Waals surface area contributed by atoms with Gasteiger partial charge in [0.2, 0.25) is 0 Å². The Kier molecular flexibility index (Phi) is 5.23. The van der Waals surface area contributed by atoms with E-state index < -0.39 is 5.60 Å². The molecule has 7 heteroatoms. The number of hydrogen-bond donors (Lipinski definition) is 0. The zero-order valence-corrected chi connectivity index (χ0v) is 15.5. The number of furan rings is 1. The van der Waals surface area contributed by atoms with Gasteiger partial charge in [0.25, 0.3) is 11.8 Å². The lowest BCUT2D eigenvalue weighted by Gasteiger charge is -2.38. The van der Waals surface area contributed by atoms with Crippen molar-refractivity contribution in [2.75, 3.05) is 26.2 Å². The van der Waals surface area contributed by atoms with Crippen molar-refractivity contribution in [3.05, 3.63) is 53.4 Å². The summed E-state index contributed by atoms with van der Waals surface area (Å²) < 4.78 is 10.8. The molecule has 2 amide bonds. The molecule has 0 N–H and O–H groups in total. The molecule has 1 aromatic carbocycles. The highest BCUT2D eigenvalue weighted by molar-refractivity contribution is 6.30. The summed E-state index contributed by atoms with van der Waals surface area (Å²) in [7, 11) is 0. The van der Waals surface area contributed by atoms with E-state index in [4.69, 9.17) is 20.8 Å². The Morgan fingerprint density at radius 2 is 1.65 bits per heavy atom. The highest BCUT2D eigenvalue weighted by Crippen LogP contribution is 2.23. The fourth-order valence-electron chi connectivity index (χ4n) is 2.90.